The molecule has 0 saturated carbocycles. The Kier molecular flexibility index (Phi) is 6.23. The van der Waals surface area contributed by atoms with Gasteiger partial charge < -0.3 is 9.64 Å². The molecule has 0 aliphatic carbocycles. The Morgan fingerprint density at radius 2 is 1.62 bits per heavy atom. The standard InChI is InChI=1S/C19H17F6NO2S/c20-18(21,22)13-8-12(9-14(10-13)19(23,24)25)17(27)26(11-16-2-1-7-29-16)15-3-5-28-6-4-15/h1-2,7-10,15H,3-6,11H2. The van der Waals surface area contributed by atoms with Crippen LogP contribution in [0.1, 0.15) is 39.2 Å². The molecule has 3 rings (SSSR count). The van der Waals surface area contributed by atoms with E-state index in [2.05, 4.69) is 0 Å². The van der Waals surface area contributed by atoms with Crippen LogP contribution < -0.4 is 0 Å². The van der Waals surface area contributed by atoms with Gasteiger partial charge in [0.15, 0.2) is 0 Å². The predicted octanol–water partition coefficient (Wildman–Crippen LogP) is 5.61. The number of thiophene rings is 1. The first-order chi connectivity index (χ1) is 13.6. The van der Waals surface area contributed by atoms with E-state index in [4.69, 9.17) is 4.74 Å². The molecule has 1 aromatic heterocycles. The Balaban J connectivity index is 2.01. The lowest BCUT2D eigenvalue weighted by molar-refractivity contribution is -0.143. The van der Waals surface area contributed by atoms with E-state index < -0.39 is 35.0 Å². The average molecular weight is 437 g/mol. The average Bonchev–Trinajstić information content (AvgIpc) is 3.18. The Bertz CT molecular complexity index is 809. The van der Waals surface area contributed by atoms with Crippen LogP contribution in [-0.2, 0) is 23.6 Å². The molecule has 0 N–H and O–H groups in total. The minimum Gasteiger partial charge on any atom is -0.381 e. The number of carbonyl (C=O) groups is 1. The molecule has 1 fully saturated rings. The predicted molar refractivity (Wildman–Crippen MR) is 94.5 cm³/mol. The number of rotatable bonds is 4. The smallest absolute Gasteiger partial charge is 0.381 e. The van der Waals surface area contributed by atoms with E-state index in [1.807, 2.05) is 0 Å². The summed E-state index contributed by atoms with van der Waals surface area (Å²) in [6.45, 7) is 0.851. The molecule has 0 spiro atoms. The third-order valence-electron chi connectivity index (χ3n) is 4.63. The summed E-state index contributed by atoms with van der Waals surface area (Å²) in [6.07, 6.45) is -9.09. The van der Waals surface area contributed by atoms with Gasteiger partial charge in [0.2, 0.25) is 0 Å². The second kappa shape index (κ2) is 8.35. The van der Waals surface area contributed by atoms with Crippen LogP contribution in [0.3, 0.4) is 0 Å². The largest absolute Gasteiger partial charge is 0.416 e. The monoisotopic (exact) mass is 437 g/mol. The third-order valence-corrected chi connectivity index (χ3v) is 5.49. The van der Waals surface area contributed by atoms with Crippen molar-refractivity contribution in [1.82, 2.24) is 4.90 Å². The molecule has 2 heterocycles. The summed E-state index contributed by atoms with van der Waals surface area (Å²) in [5, 5.41) is 1.79. The maximum atomic E-state index is 13.2. The Labute approximate surface area is 166 Å². The van der Waals surface area contributed by atoms with Crippen LogP contribution in [0.25, 0.3) is 0 Å². The van der Waals surface area contributed by atoms with Crippen LogP contribution >= 0.6 is 11.3 Å². The van der Waals surface area contributed by atoms with E-state index >= 15 is 0 Å². The SMILES string of the molecule is O=C(c1cc(C(F)(F)F)cc(C(F)(F)F)c1)N(Cc1cccs1)C1CCOCC1. The zero-order valence-corrected chi connectivity index (χ0v) is 15.8. The second-order valence-electron chi connectivity index (χ2n) is 6.65. The summed E-state index contributed by atoms with van der Waals surface area (Å²) in [6, 6.07) is 4.18. The normalized spacial score (nSPS) is 16.1. The fraction of sp³-hybridized carbons (Fsp3) is 0.421. The Morgan fingerprint density at radius 1 is 1.03 bits per heavy atom. The number of hydrogen-bond donors (Lipinski definition) is 0. The van der Waals surface area contributed by atoms with Crippen molar-refractivity contribution in [3.63, 3.8) is 0 Å². The minimum atomic E-state index is -5.01. The number of ether oxygens (including phenoxy) is 1. The highest BCUT2D eigenvalue weighted by atomic mass is 32.1. The van der Waals surface area contributed by atoms with E-state index in [0.29, 0.717) is 38.2 Å². The summed E-state index contributed by atoms with van der Waals surface area (Å²) >= 11 is 1.36. The van der Waals surface area contributed by atoms with Gasteiger partial charge in [0, 0.05) is 29.7 Å². The van der Waals surface area contributed by atoms with Gasteiger partial charge in [-0.25, -0.2) is 0 Å². The second-order valence-corrected chi connectivity index (χ2v) is 7.68. The molecule has 0 atom stereocenters. The molecule has 1 saturated heterocycles. The first-order valence-corrected chi connectivity index (χ1v) is 9.64. The van der Waals surface area contributed by atoms with Crippen LogP contribution in [-0.4, -0.2) is 30.1 Å². The molecule has 0 unspecified atom stereocenters. The van der Waals surface area contributed by atoms with Crippen LogP contribution in [0.5, 0.6) is 0 Å². The van der Waals surface area contributed by atoms with Gasteiger partial charge in [-0.15, -0.1) is 11.3 Å². The molecular formula is C19H17F6NO2S. The van der Waals surface area contributed by atoms with Gasteiger partial charge in [0.25, 0.3) is 5.91 Å². The molecule has 1 aromatic carbocycles. The molecule has 29 heavy (non-hydrogen) atoms. The lowest BCUT2D eigenvalue weighted by Gasteiger charge is -2.34. The van der Waals surface area contributed by atoms with Gasteiger partial charge in [0.1, 0.15) is 0 Å². The van der Waals surface area contributed by atoms with Crippen molar-refractivity contribution in [2.75, 3.05) is 13.2 Å². The highest BCUT2D eigenvalue weighted by Crippen LogP contribution is 2.37. The first kappa shape index (κ1) is 21.6. The maximum absolute atomic E-state index is 13.2. The van der Waals surface area contributed by atoms with Gasteiger partial charge in [-0.1, -0.05) is 6.07 Å². The molecule has 1 aliphatic heterocycles. The topological polar surface area (TPSA) is 29.5 Å². The van der Waals surface area contributed by atoms with Crippen molar-refractivity contribution in [1.29, 1.82) is 0 Å². The van der Waals surface area contributed by atoms with Crippen molar-refractivity contribution >= 4 is 17.2 Å². The van der Waals surface area contributed by atoms with E-state index in [-0.39, 0.29) is 18.7 Å². The molecule has 3 nitrogen and oxygen atoms in total. The van der Waals surface area contributed by atoms with Crippen molar-refractivity contribution in [3.8, 4) is 0 Å². The quantitative estimate of drug-likeness (QED) is 0.583. The maximum Gasteiger partial charge on any atom is 0.416 e. The van der Waals surface area contributed by atoms with Gasteiger partial charge in [-0.2, -0.15) is 26.3 Å². The van der Waals surface area contributed by atoms with E-state index in [1.165, 1.54) is 16.2 Å². The lowest BCUT2D eigenvalue weighted by atomic mass is 10.0. The summed E-state index contributed by atoms with van der Waals surface area (Å²) < 4.78 is 84.2. The number of benzene rings is 1. The third kappa shape index (κ3) is 5.30. The number of amides is 1. The highest BCUT2D eigenvalue weighted by Gasteiger charge is 2.38. The van der Waals surface area contributed by atoms with Gasteiger partial charge in [-0.05, 0) is 42.5 Å². The molecule has 2 aromatic rings. The zero-order chi connectivity index (χ0) is 21.2. The fourth-order valence-electron chi connectivity index (χ4n) is 3.18. The summed E-state index contributed by atoms with van der Waals surface area (Å²) in [4.78, 5) is 15.2. The molecule has 10 heteroatoms. The van der Waals surface area contributed by atoms with Crippen LogP contribution in [0.4, 0.5) is 26.3 Å². The summed E-state index contributed by atoms with van der Waals surface area (Å²) in [5.74, 6) is -0.859. The number of halogens is 6. The fourth-order valence-corrected chi connectivity index (χ4v) is 3.88. The van der Waals surface area contributed by atoms with E-state index in [0.717, 1.165) is 4.88 Å². The Morgan fingerprint density at radius 3 is 2.10 bits per heavy atom. The molecule has 1 amide bonds. The van der Waals surface area contributed by atoms with E-state index in [1.54, 1.807) is 17.5 Å². The molecule has 1 aliphatic rings. The molecule has 0 radical (unpaired) electrons. The van der Waals surface area contributed by atoms with Gasteiger partial charge in [-0.3, -0.25) is 4.79 Å². The van der Waals surface area contributed by atoms with E-state index in [9.17, 15) is 31.1 Å². The van der Waals surface area contributed by atoms with Crippen molar-refractivity contribution in [2.45, 2.75) is 37.8 Å². The Hall–Kier alpha value is -2.07. The summed E-state index contributed by atoms with van der Waals surface area (Å²) in [7, 11) is 0. The molecule has 158 valence electrons. The van der Waals surface area contributed by atoms with Crippen LogP contribution in [0, 0.1) is 0 Å². The lowest BCUT2D eigenvalue weighted by Crippen LogP contribution is -2.43. The van der Waals surface area contributed by atoms with Crippen molar-refractivity contribution in [2.24, 2.45) is 0 Å². The zero-order valence-electron chi connectivity index (χ0n) is 15.0. The van der Waals surface area contributed by atoms with Gasteiger partial charge in [0.05, 0.1) is 17.7 Å². The molecule has 0 bridgehead atoms. The number of alkyl halides is 6. The number of nitrogens with zero attached hydrogens (tertiary/aromatic N) is 1. The number of hydrogen-bond acceptors (Lipinski definition) is 3. The number of carbonyl (C=O) groups excluding carboxylic acids is 1. The van der Waals surface area contributed by atoms with Gasteiger partial charge >= 0.3 is 12.4 Å². The van der Waals surface area contributed by atoms with Crippen LogP contribution in [0.2, 0.25) is 0 Å². The highest BCUT2D eigenvalue weighted by molar-refractivity contribution is 7.09. The first-order valence-electron chi connectivity index (χ1n) is 8.76. The summed E-state index contributed by atoms with van der Waals surface area (Å²) in [5.41, 5.74) is -3.63. The van der Waals surface area contributed by atoms with Crippen molar-refractivity contribution < 1.29 is 35.9 Å². The van der Waals surface area contributed by atoms with Crippen molar-refractivity contribution in [3.05, 3.63) is 57.3 Å². The molecular weight excluding hydrogens is 420 g/mol. The minimum absolute atomic E-state index is 0.0227. The van der Waals surface area contributed by atoms with Crippen LogP contribution in [0.15, 0.2) is 35.7 Å².